The largest absolute Gasteiger partial charge is 0.324 e. The van der Waals surface area contributed by atoms with Crippen molar-refractivity contribution in [3.8, 4) is 0 Å². The van der Waals surface area contributed by atoms with Crippen molar-refractivity contribution in [3.63, 3.8) is 0 Å². The zero-order valence-corrected chi connectivity index (χ0v) is 16.5. The van der Waals surface area contributed by atoms with Crippen molar-refractivity contribution in [3.05, 3.63) is 95.4 Å². The molecule has 2 aromatic carbocycles. The van der Waals surface area contributed by atoms with Gasteiger partial charge in [0.15, 0.2) is 11.5 Å². The Bertz CT molecular complexity index is 1140. The number of rotatable bonds is 6. The molecule has 0 unspecified atom stereocenters. The number of aromatic nitrogens is 3. The van der Waals surface area contributed by atoms with Gasteiger partial charge in [-0.05, 0) is 48.7 Å². The number of anilines is 1. The molecular weight excluding hydrogens is 362 g/mol. The number of aryl methyl sites for hydroxylation is 2. The zero-order chi connectivity index (χ0) is 20.2. The van der Waals surface area contributed by atoms with E-state index in [0.29, 0.717) is 6.54 Å². The lowest BCUT2D eigenvalue weighted by Gasteiger charge is -2.19. The normalized spacial score (nSPS) is 12.1. The van der Waals surface area contributed by atoms with Crippen LogP contribution in [0.2, 0.25) is 0 Å². The van der Waals surface area contributed by atoms with Crippen LogP contribution >= 0.6 is 0 Å². The van der Waals surface area contributed by atoms with E-state index in [1.54, 1.807) is 0 Å². The fourth-order valence-electron chi connectivity index (χ4n) is 3.29. The molecule has 0 spiro atoms. The smallest absolute Gasteiger partial charge is 0.246 e. The molecule has 6 nitrogen and oxygen atoms in total. The summed E-state index contributed by atoms with van der Waals surface area (Å²) >= 11 is 0. The minimum Gasteiger partial charge on any atom is -0.324 e. The third kappa shape index (κ3) is 4.17. The molecule has 1 atom stereocenters. The van der Waals surface area contributed by atoms with Gasteiger partial charge in [-0.2, -0.15) is 0 Å². The van der Waals surface area contributed by atoms with Crippen molar-refractivity contribution in [1.82, 2.24) is 19.9 Å². The van der Waals surface area contributed by atoms with Crippen LogP contribution in [-0.2, 0) is 11.3 Å². The van der Waals surface area contributed by atoms with Crippen LogP contribution < -0.4 is 10.6 Å². The highest BCUT2D eigenvalue weighted by molar-refractivity contribution is 5.96. The Morgan fingerprint density at radius 2 is 1.79 bits per heavy atom. The molecular formula is C23H23N5O. The highest BCUT2D eigenvalue weighted by Gasteiger charge is 2.21. The summed E-state index contributed by atoms with van der Waals surface area (Å²) in [5.41, 5.74) is 4.62. The van der Waals surface area contributed by atoms with Gasteiger partial charge in [0, 0.05) is 11.9 Å². The van der Waals surface area contributed by atoms with E-state index >= 15 is 0 Å². The zero-order valence-electron chi connectivity index (χ0n) is 16.5. The maximum absolute atomic E-state index is 13.2. The summed E-state index contributed by atoms with van der Waals surface area (Å²) in [6.07, 6.45) is 1.92. The maximum atomic E-state index is 13.2. The number of nitrogens with zero attached hydrogens (tertiary/aromatic N) is 3. The van der Waals surface area contributed by atoms with Gasteiger partial charge in [-0.25, -0.2) is 0 Å². The average molecular weight is 385 g/mol. The molecule has 0 saturated carbocycles. The van der Waals surface area contributed by atoms with Gasteiger partial charge < -0.3 is 5.32 Å². The van der Waals surface area contributed by atoms with Gasteiger partial charge in [-0.1, -0.05) is 48.5 Å². The Kier molecular flexibility index (Phi) is 5.35. The van der Waals surface area contributed by atoms with E-state index in [1.165, 1.54) is 0 Å². The molecule has 2 aromatic heterocycles. The number of nitrogens with one attached hydrogen (secondary N) is 2. The fraction of sp³-hybridized carbons (Fsp3) is 0.174. The second-order valence-electron chi connectivity index (χ2n) is 7.08. The molecule has 0 radical (unpaired) electrons. The predicted octanol–water partition coefficient (Wildman–Crippen LogP) is 3.82. The molecule has 0 bridgehead atoms. The lowest BCUT2D eigenvalue weighted by Crippen LogP contribution is -2.33. The summed E-state index contributed by atoms with van der Waals surface area (Å²) in [6, 6.07) is 21.0. The third-order valence-electron chi connectivity index (χ3n) is 4.89. The van der Waals surface area contributed by atoms with Crippen LogP contribution in [0.15, 0.2) is 72.9 Å². The van der Waals surface area contributed by atoms with E-state index in [4.69, 9.17) is 0 Å². The number of benzene rings is 2. The van der Waals surface area contributed by atoms with Gasteiger partial charge in [0.25, 0.3) is 0 Å². The van der Waals surface area contributed by atoms with Crippen molar-refractivity contribution in [1.29, 1.82) is 0 Å². The number of fused-ring (bicyclic) bond motifs is 1. The number of amides is 1. The lowest BCUT2D eigenvalue weighted by molar-refractivity contribution is -0.118. The highest BCUT2D eigenvalue weighted by atomic mass is 16.2. The third-order valence-corrected chi connectivity index (χ3v) is 4.89. The Morgan fingerprint density at radius 3 is 2.62 bits per heavy atom. The SMILES string of the molecule is Cc1ccc(C)c(NC(=O)[C@@H](NCc2nnc3ccccn23)c2ccccc2)c1. The van der Waals surface area contributed by atoms with Crippen LogP contribution in [0.25, 0.3) is 5.65 Å². The first-order valence-electron chi connectivity index (χ1n) is 9.57. The van der Waals surface area contributed by atoms with Crippen molar-refractivity contribution in [2.24, 2.45) is 0 Å². The van der Waals surface area contributed by atoms with Gasteiger partial charge in [-0.3, -0.25) is 14.5 Å². The van der Waals surface area contributed by atoms with E-state index in [1.807, 2.05) is 91.2 Å². The van der Waals surface area contributed by atoms with Crippen LogP contribution in [0.4, 0.5) is 5.69 Å². The van der Waals surface area contributed by atoms with Crippen molar-refractivity contribution < 1.29 is 4.79 Å². The molecule has 0 aliphatic rings. The summed E-state index contributed by atoms with van der Waals surface area (Å²) in [4.78, 5) is 13.2. The minimum atomic E-state index is -0.521. The molecule has 146 valence electrons. The molecule has 0 fully saturated rings. The Balaban J connectivity index is 1.58. The molecule has 1 amide bonds. The van der Waals surface area contributed by atoms with Crippen LogP contribution in [0.1, 0.15) is 28.6 Å². The number of carbonyl (C=O) groups is 1. The quantitative estimate of drug-likeness (QED) is 0.529. The van der Waals surface area contributed by atoms with Crippen LogP contribution in [0, 0.1) is 13.8 Å². The summed E-state index contributed by atoms with van der Waals surface area (Å²) in [5, 5.41) is 14.8. The van der Waals surface area contributed by atoms with E-state index in [-0.39, 0.29) is 5.91 Å². The number of hydrogen-bond donors (Lipinski definition) is 2. The highest BCUT2D eigenvalue weighted by Crippen LogP contribution is 2.20. The van der Waals surface area contributed by atoms with E-state index < -0.39 is 6.04 Å². The van der Waals surface area contributed by atoms with Gasteiger partial charge in [0.05, 0.1) is 6.54 Å². The van der Waals surface area contributed by atoms with Crippen LogP contribution in [-0.4, -0.2) is 20.5 Å². The first-order chi connectivity index (χ1) is 14.1. The second kappa shape index (κ2) is 8.24. The lowest BCUT2D eigenvalue weighted by atomic mass is 10.1. The molecule has 4 rings (SSSR count). The molecule has 6 heteroatoms. The fourth-order valence-corrected chi connectivity index (χ4v) is 3.29. The van der Waals surface area contributed by atoms with Gasteiger partial charge in [0.1, 0.15) is 6.04 Å². The monoisotopic (exact) mass is 385 g/mol. The summed E-state index contributed by atoms with van der Waals surface area (Å²) < 4.78 is 1.91. The first kappa shape index (κ1) is 18.8. The second-order valence-corrected chi connectivity index (χ2v) is 7.08. The van der Waals surface area contributed by atoms with E-state index in [2.05, 4.69) is 20.8 Å². The average Bonchev–Trinajstić information content (AvgIpc) is 3.15. The Morgan fingerprint density at radius 1 is 1.00 bits per heavy atom. The van der Waals surface area contributed by atoms with Crippen LogP contribution in [0.3, 0.4) is 0 Å². The molecule has 0 aliphatic carbocycles. The number of hydrogen-bond acceptors (Lipinski definition) is 4. The molecule has 4 aromatic rings. The maximum Gasteiger partial charge on any atom is 0.246 e. The van der Waals surface area contributed by atoms with E-state index in [0.717, 1.165) is 33.8 Å². The predicted molar refractivity (Wildman–Crippen MR) is 114 cm³/mol. The minimum absolute atomic E-state index is 0.112. The topological polar surface area (TPSA) is 71.3 Å². The van der Waals surface area contributed by atoms with Gasteiger partial charge in [-0.15, -0.1) is 10.2 Å². The number of carbonyl (C=O) groups excluding carboxylic acids is 1. The molecule has 2 N–H and O–H groups in total. The molecule has 0 aliphatic heterocycles. The van der Waals surface area contributed by atoms with E-state index in [9.17, 15) is 4.79 Å². The van der Waals surface area contributed by atoms with Gasteiger partial charge in [0.2, 0.25) is 5.91 Å². The number of pyridine rings is 1. The van der Waals surface area contributed by atoms with Crippen LogP contribution in [0.5, 0.6) is 0 Å². The Hall–Kier alpha value is -3.51. The first-order valence-corrected chi connectivity index (χ1v) is 9.57. The molecule has 29 heavy (non-hydrogen) atoms. The summed E-state index contributed by atoms with van der Waals surface area (Å²) in [6.45, 7) is 4.41. The standard InChI is InChI=1S/C23H23N5O/c1-16-11-12-17(2)19(14-16)25-23(29)22(18-8-4-3-5-9-18)24-15-21-27-26-20-10-6-7-13-28(20)21/h3-14,22,24H,15H2,1-2H3,(H,25,29)/t22-/m0/s1. The van der Waals surface area contributed by atoms with Crippen molar-refractivity contribution in [2.75, 3.05) is 5.32 Å². The van der Waals surface area contributed by atoms with Crippen molar-refractivity contribution >= 4 is 17.2 Å². The molecule has 2 heterocycles. The summed E-state index contributed by atoms with van der Waals surface area (Å²) in [5.74, 6) is 0.639. The summed E-state index contributed by atoms with van der Waals surface area (Å²) in [7, 11) is 0. The van der Waals surface area contributed by atoms with Crippen molar-refractivity contribution in [2.45, 2.75) is 26.4 Å². The molecule has 0 saturated heterocycles. The van der Waals surface area contributed by atoms with Gasteiger partial charge >= 0.3 is 0 Å². The Labute approximate surface area is 169 Å².